The fourth-order valence-corrected chi connectivity index (χ4v) is 2.76. The van der Waals surface area contributed by atoms with E-state index in [0.717, 1.165) is 18.8 Å². The van der Waals surface area contributed by atoms with Gasteiger partial charge >= 0.3 is 0 Å². The van der Waals surface area contributed by atoms with Crippen LogP contribution in [0, 0.1) is 17.3 Å². The molecular formula is C13H22O. The lowest BCUT2D eigenvalue weighted by Gasteiger charge is -2.28. The fourth-order valence-electron chi connectivity index (χ4n) is 2.76. The zero-order valence-electron chi connectivity index (χ0n) is 9.51. The standard InChI is InChI=1S/C13H22O/c1-3-10-4-6-11(7-5-10)12(14)13(2)8-9-13/h10-11H,3-9H2,1-2H3. The van der Waals surface area contributed by atoms with Gasteiger partial charge in [-0.3, -0.25) is 4.79 Å². The molecular weight excluding hydrogens is 172 g/mol. The Kier molecular flexibility index (Phi) is 2.68. The molecule has 14 heavy (non-hydrogen) atoms. The minimum absolute atomic E-state index is 0.115. The Balaban J connectivity index is 1.86. The van der Waals surface area contributed by atoms with E-state index in [-0.39, 0.29) is 5.41 Å². The molecule has 0 aliphatic heterocycles. The third kappa shape index (κ3) is 1.87. The Morgan fingerprint density at radius 2 is 1.79 bits per heavy atom. The maximum atomic E-state index is 12.1. The summed E-state index contributed by atoms with van der Waals surface area (Å²) in [6.07, 6.45) is 8.54. The van der Waals surface area contributed by atoms with Crippen LogP contribution >= 0.6 is 0 Å². The van der Waals surface area contributed by atoms with Crippen LogP contribution in [0.15, 0.2) is 0 Å². The molecule has 2 aliphatic carbocycles. The summed E-state index contributed by atoms with van der Waals surface area (Å²) in [5, 5.41) is 0. The van der Waals surface area contributed by atoms with Crippen molar-refractivity contribution in [1.29, 1.82) is 0 Å². The van der Waals surface area contributed by atoms with Gasteiger partial charge in [0.05, 0.1) is 0 Å². The van der Waals surface area contributed by atoms with Gasteiger partial charge in [0.15, 0.2) is 0 Å². The Hall–Kier alpha value is -0.330. The number of rotatable bonds is 3. The Morgan fingerprint density at radius 1 is 1.21 bits per heavy atom. The van der Waals surface area contributed by atoms with E-state index in [9.17, 15) is 4.79 Å². The van der Waals surface area contributed by atoms with Gasteiger partial charge in [0, 0.05) is 11.3 Å². The lowest BCUT2D eigenvalue weighted by Crippen LogP contribution is -2.27. The summed E-state index contributed by atoms with van der Waals surface area (Å²) >= 11 is 0. The smallest absolute Gasteiger partial charge is 0.141 e. The molecule has 0 amide bonds. The Bertz CT molecular complexity index is 219. The largest absolute Gasteiger partial charge is 0.299 e. The quantitative estimate of drug-likeness (QED) is 0.671. The van der Waals surface area contributed by atoms with Crippen LogP contribution in [0.2, 0.25) is 0 Å². The normalized spacial score (nSPS) is 35.3. The molecule has 0 spiro atoms. The molecule has 0 aromatic heterocycles. The van der Waals surface area contributed by atoms with E-state index in [0.29, 0.717) is 11.7 Å². The molecule has 0 aromatic carbocycles. The third-order valence-corrected chi connectivity index (χ3v) is 4.39. The second kappa shape index (κ2) is 3.67. The Labute approximate surface area is 87.3 Å². The number of carbonyl (C=O) groups excluding carboxylic acids is 1. The second-order valence-electron chi connectivity index (χ2n) is 5.55. The second-order valence-corrected chi connectivity index (χ2v) is 5.55. The van der Waals surface area contributed by atoms with Gasteiger partial charge in [0.25, 0.3) is 0 Å². The van der Waals surface area contributed by atoms with Crippen molar-refractivity contribution in [1.82, 2.24) is 0 Å². The van der Waals surface area contributed by atoms with Gasteiger partial charge < -0.3 is 0 Å². The molecule has 0 heterocycles. The maximum absolute atomic E-state index is 12.1. The van der Waals surface area contributed by atoms with Crippen molar-refractivity contribution < 1.29 is 4.79 Å². The van der Waals surface area contributed by atoms with Crippen molar-refractivity contribution in [3.63, 3.8) is 0 Å². The van der Waals surface area contributed by atoms with Crippen LogP contribution in [0.4, 0.5) is 0 Å². The van der Waals surface area contributed by atoms with Gasteiger partial charge in [0.1, 0.15) is 5.78 Å². The molecule has 0 unspecified atom stereocenters. The van der Waals surface area contributed by atoms with Crippen LogP contribution in [-0.2, 0) is 4.79 Å². The molecule has 2 rings (SSSR count). The summed E-state index contributed by atoms with van der Waals surface area (Å²) in [4.78, 5) is 12.1. The first-order valence-electron chi connectivity index (χ1n) is 6.20. The number of hydrogen-bond donors (Lipinski definition) is 0. The van der Waals surface area contributed by atoms with E-state index in [1.165, 1.54) is 32.1 Å². The first-order chi connectivity index (χ1) is 6.65. The summed E-state index contributed by atoms with van der Waals surface area (Å²) in [6.45, 7) is 4.43. The van der Waals surface area contributed by atoms with E-state index in [1.807, 2.05) is 0 Å². The van der Waals surface area contributed by atoms with Gasteiger partial charge in [0.2, 0.25) is 0 Å². The van der Waals surface area contributed by atoms with E-state index in [4.69, 9.17) is 0 Å². The molecule has 0 atom stereocenters. The topological polar surface area (TPSA) is 17.1 Å². The first-order valence-corrected chi connectivity index (χ1v) is 6.20. The van der Waals surface area contributed by atoms with Gasteiger partial charge in [-0.2, -0.15) is 0 Å². The minimum atomic E-state index is 0.115. The highest BCUT2D eigenvalue weighted by Crippen LogP contribution is 2.49. The molecule has 0 bridgehead atoms. The molecule has 0 N–H and O–H groups in total. The molecule has 2 aliphatic rings. The maximum Gasteiger partial charge on any atom is 0.141 e. The third-order valence-electron chi connectivity index (χ3n) is 4.39. The van der Waals surface area contributed by atoms with Crippen LogP contribution < -0.4 is 0 Å². The van der Waals surface area contributed by atoms with Gasteiger partial charge in [-0.25, -0.2) is 0 Å². The van der Waals surface area contributed by atoms with Crippen LogP contribution in [0.25, 0.3) is 0 Å². The Morgan fingerprint density at radius 3 is 2.21 bits per heavy atom. The van der Waals surface area contributed by atoms with Crippen molar-refractivity contribution >= 4 is 5.78 Å². The van der Waals surface area contributed by atoms with E-state index in [2.05, 4.69) is 13.8 Å². The van der Waals surface area contributed by atoms with Gasteiger partial charge in [-0.05, 0) is 44.4 Å². The molecule has 1 nitrogen and oxygen atoms in total. The predicted molar refractivity (Wildman–Crippen MR) is 58.1 cm³/mol. The highest BCUT2D eigenvalue weighted by molar-refractivity contribution is 5.89. The highest BCUT2D eigenvalue weighted by atomic mass is 16.1. The van der Waals surface area contributed by atoms with E-state index >= 15 is 0 Å². The van der Waals surface area contributed by atoms with Gasteiger partial charge in [-0.15, -0.1) is 0 Å². The molecule has 2 saturated carbocycles. The summed E-state index contributed by atoms with van der Waals surface area (Å²) in [6, 6.07) is 0. The van der Waals surface area contributed by atoms with Crippen molar-refractivity contribution in [2.75, 3.05) is 0 Å². The number of hydrogen-bond acceptors (Lipinski definition) is 1. The average Bonchev–Trinajstić information content (AvgIpc) is 2.97. The monoisotopic (exact) mass is 194 g/mol. The lowest BCUT2D eigenvalue weighted by atomic mass is 9.76. The molecule has 2 fully saturated rings. The van der Waals surface area contributed by atoms with Crippen LogP contribution in [0.3, 0.4) is 0 Å². The molecule has 0 saturated heterocycles. The molecule has 0 aromatic rings. The lowest BCUT2D eigenvalue weighted by molar-refractivity contribution is -0.128. The van der Waals surface area contributed by atoms with Crippen molar-refractivity contribution in [2.45, 2.75) is 58.8 Å². The summed E-state index contributed by atoms with van der Waals surface area (Å²) in [5.74, 6) is 1.92. The van der Waals surface area contributed by atoms with Crippen molar-refractivity contribution in [2.24, 2.45) is 17.3 Å². The van der Waals surface area contributed by atoms with Crippen molar-refractivity contribution in [3.05, 3.63) is 0 Å². The number of carbonyl (C=O) groups is 1. The fraction of sp³-hybridized carbons (Fsp3) is 0.923. The highest BCUT2D eigenvalue weighted by Gasteiger charge is 2.47. The summed E-state index contributed by atoms with van der Waals surface area (Å²) < 4.78 is 0. The zero-order valence-corrected chi connectivity index (χ0v) is 9.51. The van der Waals surface area contributed by atoms with Crippen LogP contribution in [0.5, 0.6) is 0 Å². The molecule has 80 valence electrons. The SMILES string of the molecule is CCC1CCC(C(=O)C2(C)CC2)CC1. The molecule has 1 heteroatoms. The number of ketones is 1. The molecule has 0 radical (unpaired) electrons. The van der Waals surface area contributed by atoms with E-state index < -0.39 is 0 Å². The number of Topliss-reactive ketones (excluding diaryl/α,β-unsaturated/α-hetero) is 1. The summed E-state index contributed by atoms with van der Waals surface area (Å²) in [7, 11) is 0. The first kappa shape index (κ1) is 10.2. The summed E-state index contributed by atoms with van der Waals surface area (Å²) in [5.41, 5.74) is 0.115. The van der Waals surface area contributed by atoms with Crippen LogP contribution in [-0.4, -0.2) is 5.78 Å². The predicted octanol–water partition coefficient (Wildman–Crippen LogP) is 3.57. The average molecular weight is 194 g/mol. The zero-order chi connectivity index (χ0) is 10.2. The van der Waals surface area contributed by atoms with Gasteiger partial charge in [-0.1, -0.05) is 20.3 Å². The van der Waals surface area contributed by atoms with Crippen LogP contribution in [0.1, 0.15) is 58.8 Å². The van der Waals surface area contributed by atoms with E-state index in [1.54, 1.807) is 0 Å². The minimum Gasteiger partial charge on any atom is -0.299 e. The van der Waals surface area contributed by atoms with Crippen molar-refractivity contribution in [3.8, 4) is 0 Å².